The van der Waals surface area contributed by atoms with E-state index in [0.29, 0.717) is 5.56 Å². The molecule has 0 saturated heterocycles. The fourth-order valence-corrected chi connectivity index (χ4v) is 1.90. The number of nitrogen functional groups attached to an aromatic ring is 1. The van der Waals surface area contributed by atoms with Crippen LogP contribution >= 0.6 is 0 Å². The molecule has 0 unspecified atom stereocenters. The molecule has 0 bridgehead atoms. The number of rotatable bonds is 5. The Bertz CT molecular complexity index is 653. The van der Waals surface area contributed by atoms with E-state index in [-0.39, 0.29) is 24.3 Å². The number of nitrogens with two attached hydrogens (primary N) is 1. The molecule has 0 aliphatic rings. The third-order valence-electron chi connectivity index (χ3n) is 3.00. The van der Waals surface area contributed by atoms with Crippen LogP contribution in [0.2, 0.25) is 0 Å². The molecule has 0 fully saturated rings. The summed E-state index contributed by atoms with van der Waals surface area (Å²) in [6, 6.07) is 13.9. The lowest BCUT2D eigenvalue weighted by Gasteiger charge is -2.09. The summed E-state index contributed by atoms with van der Waals surface area (Å²) in [5, 5.41) is 8.98. The van der Waals surface area contributed by atoms with Crippen LogP contribution in [0.25, 0.3) is 0 Å². The third-order valence-corrected chi connectivity index (χ3v) is 3.00. The van der Waals surface area contributed by atoms with Crippen molar-refractivity contribution in [1.82, 2.24) is 0 Å². The monoisotopic (exact) mass is 285 g/mol. The molecule has 2 aromatic rings. The predicted octanol–water partition coefficient (Wildman–Crippen LogP) is 2.25. The Morgan fingerprint density at radius 1 is 1.05 bits per heavy atom. The standard InChI is InChI=1S/C16H15NO4/c17-15-12(7-4-8-13(15)16(19)20)9-14(18)21-10-11-5-2-1-3-6-11/h1-8H,9-10,17H2,(H,19,20). The second-order valence-electron chi connectivity index (χ2n) is 4.51. The number of aromatic carboxylic acids is 1. The number of anilines is 1. The zero-order chi connectivity index (χ0) is 15.2. The second kappa shape index (κ2) is 6.56. The second-order valence-corrected chi connectivity index (χ2v) is 4.51. The highest BCUT2D eigenvalue weighted by molar-refractivity contribution is 5.95. The molecule has 0 spiro atoms. The fourth-order valence-electron chi connectivity index (χ4n) is 1.90. The van der Waals surface area contributed by atoms with Gasteiger partial charge in [0.15, 0.2) is 0 Å². The minimum Gasteiger partial charge on any atom is -0.478 e. The Morgan fingerprint density at radius 3 is 2.43 bits per heavy atom. The van der Waals surface area contributed by atoms with E-state index in [4.69, 9.17) is 15.6 Å². The van der Waals surface area contributed by atoms with Gasteiger partial charge in [0.1, 0.15) is 6.61 Å². The Kier molecular flexibility index (Phi) is 4.56. The lowest BCUT2D eigenvalue weighted by Crippen LogP contribution is -2.12. The van der Waals surface area contributed by atoms with Crippen LogP contribution in [0.4, 0.5) is 5.69 Å². The molecule has 0 radical (unpaired) electrons. The van der Waals surface area contributed by atoms with Crippen LogP contribution in [0.1, 0.15) is 21.5 Å². The number of esters is 1. The highest BCUT2D eigenvalue weighted by Gasteiger charge is 2.14. The van der Waals surface area contributed by atoms with Gasteiger partial charge in [-0.05, 0) is 17.2 Å². The van der Waals surface area contributed by atoms with E-state index in [9.17, 15) is 9.59 Å². The fraction of sp³-hybridized carbons (Fsp3) is 0.125. The molecule has 0 heterocycles. The van der Waals surface area contributed by atoms with Crippen LogP contribution in [0, 0.1) is 0 Å². The van der Waals surface area contributed by atoms with Gasteiger partial charge in [0.2, 0.25) is 0 Å². The van der Waals surface area contributed by atoms with Crippen LogP contribution in [0.3, 0.4) is 0 Å². The molecule has 0 aliphatic heterocycles. The summed E-state index contributed by atoms with van der Waals surface area (Å²) < 4.78 is 5.15. The molecule has 3 N–H and O–H groups in total. The first-order valence-corrected chi connectivity index (χ1v) is 6.38. The van der Waals surface area contributed by atoms with E-state index in [1.807, 2.05) is 30.3 Å². The molecule has 0 aromatic heterocycles. The number of carbonyl (C=O) groups excluding carboxylic acids is 1. The van der Waals surface area contributed by atoms with Crippen molar-refractivity contribution in [3.05, 3.63) is 65.2 Å². The maximum absolute atomic E-state index is 11.8. The quantitative estimate of drug-likeness (QED) is 0.649. The Balaban J connectivity index is 2.00. The van der Waals surface area contributed by atoms with Crippen LogP contribution in [-0.2, 0) is 22.6 Å². The molecule has 0 saturated carbocycles. The number of carbonyl (C=O) groups is 2. The van der Waals surface area contributed by atoms with E-state index < -0.39 is 11.9 Å². The Labute approximate surface area is 122 Å². The molecular formula is C16H15NO4. The van der Waals surface area contributed by atoms with Crippen LogP contribution < -0.4 is 5.73 Å². The van der Waals surface area contributed by atoms with Gasteiger partial charge in [-0.2, -0.15) is 0 Å². The molecule has 108 valence electrons. The highest BCUT2D eigenvalue weighted by atomic mass is 16.5. The number of carboxylic acid groups (broad SMARTS) is 1. The maximum Gasteiger partial charge on any atom is 0.337 e. The van der Waals surface area contributed by atoms with Gasteiger partial charge < -0.3 is 15.6 Å². The molecule has 0 atom stereocenters. The highest BCUT2D eigenvalue weighted by Crippen LogP contribution is 2.18. The van der Waals surface area contributed by atoms with Crippen molar-refractivity contribution in [3.8, 4) is 0 Å². The van der Waals surface area contributed by atoms with Crippen LogP contribution in [-0.4, -0.2) is 17.0 Å². The minimum absolute atomic E-state index is 0.0108. The molecule has 21 heavy (non-hydrogen) atoms. The van der Waals surface area contributed by atoms with Gasteiger partial charge in [-0.3, -0.25) is 4.79 Å². The largest absolute Gasteiger partial charge is 0.478 e. The lowest BCUT2D eigenvalue weighted by molar-refractivity contribution is -0.144. The average Bonchev–Trinajstić information content (AvgIpc) is 2.48. The molecule has 5 heteroatoms. The SMILES string of the molecule is Nc1c(CC(=O)OCc2ccccc2)cccc1C(=O)O. The normalized spacial score (nSPS) is 10.1. The van der Waals surface area contributed by atoms with Crippen molar-refractivity contribution >= 4 is 17.6 Å². The maximum atomic E-state index is 11.8. The van der Waals surface area contributed by atoms with Crippen molar-refractivity contribution in [1.29, 1.82) is 0 Å². The number of hydrogen-bond donors (Lipinski definition) is 2. The summed E-state index contributed by atoms with van der Waals surface area (Å²) in [4.78, 5) is 22.8. The van der Waals surface area contributed by atoms with Crippen molar-refractivity contribution in [2.45, 2.75) is 13.0 Å². The van der Waals surface area contributed by atoms with E-state index in [2.05, 4.69) is 0 Å². The Hall–Kier alpha value is -2.82. The third kappa shape index (κ3) is 3.82. The molecular weight excluding hydrogens is 270 g/mol. The molecule has 2 rings (SSSR count). The van der Waals surface area contributed by atoms with Crippen LogP contribution in [0.5, 0.6) is 0 Å². The van der Waals surface area contributed by atoms with Gasteiger partial charge in [-0.15, -0.1) is 0 Å². The summed E-state index contributed by atoms with van der Waals surface area (Å²) in [5.41, 5.74) is 7.18. The Morgan fingerprint density at radius 2 is 1.76 bits per heavy atom. The van der Waals surface area contributed by atoms with Crippen molar-refractivity contribution in [2.75, 3.05) is 5.73 Å². The van der Waals surface area contributed by atoms with Crippen molar-refractivity contribution in [2.24, 2.45) is 0 Å². The predicted molar refractivity (Wildman–Crippen MR) is 77.8 cm³/mol. The summed E-state index contributed by atoms with van der Waals surface area (Å²) in [6.07, 6.45) is -0.0558. The summed E-state index contributed by atoms with van der Waals surface area (Å²) >= 11 is 0. The number of benzene rings is 2. The average molecular weight is 285 g/mol. The summed E-state index contributed by atoms with van der Waals surface area (Å²) in [6.45, 7) is 0.179. The van der Waals surface area contributed by atoms with Gasteiger partial charge in [0.05, 0.1) is 12.0 Å². The van der Waals surface area contributed by atoms with E-state index in [0.717, 1.165) is 5.56 Å². The van der Waals surface area contributed by atoms with Crippen molar-refractivity contribution < 1.29 is 19.4 Å². The molecule has 2 aromatic carbocycles. The number of ether oxygens (including phenoxy) is 1. The van der Waals surface area contributed by atoms with Gasteiger partial charge in [0.25, 0.3) is 0 Å². The van der Waals surface area contributed by atoms with E-state index >= 15 is 0 Å². The lowest BCUT2D eigenvalue weighted by atomic mass is 10.0. The van der Waals surface area contributed by atoms with Gasteiger partial charge >= 0.3 is 11.9 Å². The van der Waals surface area contributed by atoms with Crippen LogP contribution in [0.15, 0.2) is 48.5 Å². The first-order chi connectivity index (χ1) is 10.1. The first kappa shape index (κ1) is 14.6. The molecule has 5 nitrogen and oxygen atoms in total. The number of carboxylic acids is 1. The van der Waals surface area contributed by atoms with E-state index in [1.165, 1.54) is 6.07 Å². The summed E-state index contributed by atoms with van der Waals surface area (Å²) in [5.74, 6) is -1.57. The zero-order valence-electron chi connectivity index (χ0n) is 11.3. The smallest absolute Gasteiger partial charge is 0.337 e. The molecule has 0 amide bonds. The minimum atomic E-state index is -1.12. The van der Waals surface area contributed by atoms with Gasteiger partial charge in [0, 0.05) is 5.69 Å². The number of para-hydroxylation sites is 1. The van der Waals surface area contributed by atoms with Crippen molar-refractivity contribution in [3.63, 3.8) is 0 Å². The topological polar surface area (TPSA) is 89.6 Å². The van der Waals surface area contributed by atoms with E-state index in [1.54, 1.807) is 12.1 Å². The first-order valence-electron chi connectivity index (χ1n) is 6.38. The number of hydrogen-bond acceptors (Lipinski definition) is 4. The zero-order valence-corrected chi connectivity index (χ0v) is 11.3. The van der Waals surface area contributed by atoms with Gasteiger partial charge in [-0.1, -0.05) is 42.5 Å². The summed E-state index contributed by atoms with van der Waals surface area (Å²) in [7, 11) is 0. The molecule has 0 aliphatic carbocycles. The van der Waals surface area contributed by atoms with Gasteiger partial charge in [-0.25, -0.2) is 4.79 Å².